The Morgan fingerprint density at radius 2 is 2.09 bits per heavy atom. The van der Waals surface area contributed by atoms with Gasteiger partial charge in [-0.3, -0.25) is 9.38 Å². The van der Waals surface area contributed by atoms with Crippen LogP contribution < -0.4 is 5.32 Å². The fourth-order valence-electron chi connectivity index (χ4n) is 4.25. The third-order valence-corrected chi connectivity index (χ3v) is 5.53. The van der Waals surface area contributed by atoms with E-state index in [-0.39, 0.29) is 0 Å². The summed E-state index contributed by atoms with van der Waals surface area (Å²) in [7, 11) is 0. The van der Waals surface area contributed by atoms with Crippen LogP contribution in [-0.4, -0.2) is 40.7 Å². The topological polar surface area (TPSA) is 51.5 Å². The molecule has 1 aliphatic carbocycles. The van der Waals surface area contributed by atoms with E-state index in [2.05, 4.69) is 22.0 Å². The second kappa shape index (κ2) is 5.42. The van der Waals surface area contributed by atoms with Crippen LogP contribution in [-0.2, 0) is 11.2 Å². The Hall–Kier alpha value is -1.72. The summed E-state index contributed by atoms with van der Waals surface area (Å²) >= 11 is 0. The SMILES string of the molecule is C1=C(C2CCOCC2)c2c(ncc3nc(C4CCNC4)cn23)C1. The maximum Gasteiger partial charge on any atom is 0.156 e. The van der Waals surface area contributed by atoms with E-state index in [0.717, 1.165) is 51.2 Å². The molecule has 2 aromatic rings. The smallest absolute Gasteiger partial charge is 0.156 e. The Morgan fingerprint density at radius 1 is 1.17 bits per heavy atom. The number of fused-ring (bicyclic) bond motifs is 3. The molecule has 0 aromatic carbocycles. The summed E-state index contributed by atoms with van der Waals surface area (Å²) in [5.41, 5.74) is 6.18. The number of aromatic nitrogens is 3. The van der Waals surface area contributed by atoms with Crippen LogP contribution in [0.15, 0.2) is 18.5 Å². The third-order valence-electron chi connectivity index (χ3n) is 5.53. The van der Waals surface area contributed by atoms with Crippen molar-refractivity contribution in [2.45, 2.75) is 31.6 Å². The van der Waals surface area contributed by atoms with Crippen LogP contribution in [0.2, 0.25) is 0 Å². The van der Waals surface area contributed by atoms with Crippen molar-refractivity contribution in [3.63, 3.8) is 0 Å². The van der Waals surface area contributed by atoms with Crippen molar-refractivity contribution in [2.24, 2.45) is 5.92 Å². The predicted octanol–water partition coefficient (Wildman–Crippen LogP) is 2.17. The molecule has 2 saturated heterocycles. The summed E-state index contributed by atoms with van der Waals surface area (Å²) in [4.78, 5) is 9.55. The van der Waals surface area contributed by atoms with Gasteiger partial charge in [0, 0.05) is 38.3 Å². The molecule has 2 aliphatic heterocycles. The first kappa shape index (κ1) is 13.7. The highest BCUT2D eigenvalue weighted by Gasteiger charge is 2.28. The zero-order valence-corrected chi connectivity index (χ0v) is 13.3. The highest BCUT2D eigenvalue weighted by Crippen LogP contribution is 2.37. The van der Waals surface area contributed by atoms with Gasteiger partial charge in [0.2, 0.25) is 0 Å². The zero-order valence-electron chi connectivity index (χ0n) is 13.3. The molecule has 0 saturated carbocycles. The van der Waals surface area contributed by atoms with E-state index >= 15 is 0 Å². The first-order valence-corrected chi connectivity index (χ1v) is 8.76. The first-order valence-electron chi connectivity index (χ1n) is 8.76. The minimum atomic E-state index is 0.544. The quantitative estimate of drug-likeness (QED) is 0.923. The van der Waals surface area contributed by atoms with Gasteiger partial charge in [0.25, 0.3) is 0 Å². The van der Waals surface area contributed by atoms with Crippen molar-refractivity contribution in [1.29, 1.82) is 0 Å². The number of ether oxygens (including phenoxy) is 1. The number of rotatable bonds is 2. The van der Waals surface area contributed by atoms with Gasteiger partial charge in [0.1, 0.15) is 0 Å². The van der Waals surface area contributed by atoms with E-state index < -0.39 is 0 Å². The monoisotopic (exact) mass is 310 g/mol. The van der Waals surface area contributed by atoms with Gasteiger partial charge >= 0.3 is 0 Å². The summed E-state index contributed by atoms with van der Waals surface area (Å²) in [6.07, 6.45) is 10.9. The fraction of sp³-hybridized carbons (Fsp3) is 0.556. The fourth-order valence-corrected chi connectivity index (χ4v) is 4.25. The Morgan fingerprint density at radius 3 is 2.91 bits per heavy atom. The number of hydrogen-bond donors (Lipinski definition) is 1. The minimum Gasteiger partial charge on any atom is -0.381 e. The molecule has 120 valence electrons. The largest absolute Gasteiger partial charge is 0.381 e. The lowest BCUT2D eigenvalue weighted by Gasteiger charge is -2.24. The average molecular weight is 310 g/mol. The number of hydrogen-bond acceptors (Lipinski definition) is 4. The molecule has 1 N–H and O–H groups in total. The molecule has 5 rings (SSSR count). The maximum absolute atomic E-state index is 5.54. The lowest BCUT2D eigenvalue weighted by Crippen LogP contribution is -2.17. The van der Waals surface area contributed by atoms with Crippen molar-refractivity contribution < 1.29 is 4.74 Å². The predicted molar refractivity (Wildman–Crippen MR) is 88.4 cm³/mol. The van der Waals surface area contributed by atoms with E-state index in [0.29, 0.717) is 11.8 Å². The molecule has 2 aromatic heterocycles. The molecule has 4 heterocycles. The van der Waals surface area contributed by atoms with E-state index in [4.69, 9.17) is 14.7 Å². The first-order chi connectivity index (χ1) is 11.4. The standard InChI is InChI=1S/C18H22N4O/c1-2-15-18(14(1)12-4-7-23-8-5-12)22-11-16(13-3-6-19-9-13)21-17(22)10-20-15/h1,10-13,19H,2-9H2. The molecule has 0 spiro atoms. The van der Waals surface area contributed by atoms with E-state index in [1.54, 1.807) is 0 Å². The van der Waals surface area contributed by atoms with Crippen LogP contribution in [0.4, 0.5) is 0 Å². The molecule has 1 atom stereocenters. The Labute approximate surface area is 135 Å². The summed E-state index contributed by atoms with van der Waals surface area (Å²) in [6.45, 7) is 3.90. The van der Waals surface area contributed by atoms with E-state index in [1.165, 1.54) is 29.1 Å². The van der Waals surface area contributed by atoms with Crippen LogP contribution in [0.25, 0.3) is 11.2 Å². The van der Waals surface area contributed by atoms with Gasteiger partial charge in [-0.1, -0.05) is 6.08 Å². The van der Waals surface area contributed by atoms with Crippen molar-refractivity contribution >= 4 is 11.2 Å². The van der Waals surface area contributed by atoms with E-state index in [9.17, 15) is 0 Å². The highest BCUT2D eigenvalue weighted by molar-refractivity contribution is 5.73. The lowest BCUT2D eigenvalue weighted by molar-refractivity contribution is 0.0807. The van der Waals surface area contributed by atoms with E-state index in [1.807, 2.05) is 6.20 Å². The third kappa shape index (κ3) is 2.22. The molecule has 3 aliphatic rings. The summed E-state index contributed by atoms with van der Waals surface area (Å²) in [5.74, 6) is 1.15. The summed E-state index contributed by atoms with van der Waals surface area (Å²) < 4.78 is 7.83. The molecular formula is C18H22N4O. The molecule has 1 unspecified atom stereocenters. The maximum atomic E-state index is 5.54. The van der Waals surface area contributed by atoms with Crippen molar-refractivity contribution in [1.82, 2.24) is 19.7 Å². The molecule has 5 nitrogen and oxygen atoms in total. The zero-order chi connectivity index (χ0) is 15.2. The summed E-state index contributed by atoms with van der Waals surface area (Å²) in [5, 5.41) is 3.44. The van der Waals surface area contributed by atoms with Gasteiger partial charge in [0.15, 0.2) is 5.65 Å². The van der Waals surface area contributed by atoms with Crippen molar-refractivity contribution in [2.75, 3.05) is 26.3 Å². The molecule has 5 heteroatoms. The molecule has 0 amide bonds. The minimum absolute atomic E-state index is 0.544. The lowest BCUT2D eigenvalue weighted by atomic mass is 9.90. The van der Waals surface area contributed by atoms with Crippen LogP contribution in [0.1, 0.15) is 42.3 Å². The second-order valence-electron chi connectivity index (χ2n) is 6.89. The van der Waals surface area contributed by atoms with Crippen LogP contribution in [0.5, 0.6) is 0 Å². The second-order valence-corrected chi connectivity index (χ2v) is 6.89. The summed E-state index contributed by atoms with van der Waals surface area (Å²) in [6, 6.07) is 0. The molecule has 0 bridgehead atoms. The van der Waals surface area contributed by atoms with Gasteiger partial charge in [-0.05, 0) is 37.3 Å². The van der Waals surface area contributed by atoms with Gasteiger partial charge in [-0.2, -0.15) is 0 Å². The Kier molecular flexibility index (Phi) is 3.23. The number of nitrogens with zero attached hydrogens (tertiary/aromatic N) is 3. The average Bonchev–Trinajstić information content (AvgIpc) is 3.32. The Balaban J connectivity index is 1.58. The van der Waals surface area contributed by atoms with Crippen LogP contribution in [0, 0.1) is 5.92 Å². The van der Waals surface area contributed by atoms with Gasteiger partial charge in [0.05, 0.1) is 23.3 Å². The molecule has 0 radical (unpaired) electrons. The normalized spacial score (nSPS) is 25.0. The van der Waals surface area contributed by atoms with Crippen LogP contribution >= 0.6 is 0 Å². The van der Waals surface area contributed by atoms with Gasteiger partial charge in [-0.15, -0.1) is 0 Å². The molecular weight excluding hydrogens is 288 g/mol. The van der Waals surface area contributed by atoms with Crippen molar-refractivity contribution in [3.05, 3.63) is 35.6 Å². The van der Waals surface area contributed by atoms with Crippen molar-refractivity contribution in [3.8, 4) is 0 Å². The number of nitrogens with one attached hydrogen (secondary N) is 1. The molecule has 23 heavy (non-hydrogen) atoms. The number of allylic oxidation sites excluding steroid dienone is 2. The van der Waals surface area contributed by atoms with Gasteiger partial charge < -0.3 is 10.1 Å². The number of imidazole rings is 1. The van der Waals surface area contributed by atoms with Crippen LogP contribution in [0.3, 0.4) is 0 Å². The molecule has 2 fully saturated rings. The Bertz CT molecular complexity index is 767. The highest BCUT2D eigenvalue weighted by atomic mass is 16.5. The van der Waals surface area contributed by atoms with Gasteiger partial charge in [-0.25, -0.2) is 4.98 Å².